The van der Waals surface area contributed by atoms with Crippen molar-refractivity contribution in [1.29, 1.82) is 0 Å². The Balaban J connectivity index is 2.84. The van der Waals surface area contributed by atoms with Gasteiger partial charge < -0.3 is 14.0 Å². The number of carbonyl (C=O) groups excluding carboxylic acids is 1. The molecule has 0 aliphatic carbocycles. The van der Waals surface area contributed by atoms with E-state index in [9.17, 15) is 4.79 Å². The number of methoxy groups -OCH3 is 1. The topological polar surface area (TPSA) is 44.8 Å². The van der Waals surface area contributed by atoms with Crippen molar-refractivity contribution in [2.24, 2.45) is 0 Å². The Bertz CT molecular complexity index is 319. The molecule has 0 aromatic heterocycles. The molecule has 0 atom stereocenters. The van der Waals surface area contributed by atoms with Crippen LogP contribution in [-0.2, 0) is 14.0 Å². The van der Waals surface area contributed by atoms with Crippen LogP contribution in [-0.4, -0.2) is 34.4 Å². The van der Waals surface area contributed by atoms with Gasteiger partial charge in [-0.2, -0.15) is 0 Å². The summed E-state index contributed by atoms with van der Waals surface area (Å²) in [6.07, 6.45) is 0. The van der Waals surface area contributed by atoms with E-state index in [1.165, 1.54) is 7.11 Å². The molecule has 1 aromatic rings. The summed E-state index contributed by atoms with van der Waals surface area (Å²) >= 11 is 0. The SMILES string of the molecule is COB(OC)c1ccc(C(=O)OC)cc1. The highest BCUT2D eigenvalue weighted by molar-refractivity contribution is 6.61. The van der Waals surface area contributed by atoms with Crippen molar-refractivity contribution in [3.8, 4) is 0 Å². The van der Waals surface area contributed by atoms with Gasteiger partial charge in [0.25, 0.3) is 0 Å². The van der Waals surface area contributed by atoms with Crippen LogP contribution in [0, 0.1) is 0 Å². The highest BCUT2D eigenvalue weighted by atomic mass is 16.6. The molecule has 0 bridgehead atoms. The maximum Gasteiger partial charge on any atom is 0.493 e. The normalized spacial score (nSPS) is 9.80. The van der Waals surface area contributed by atoms with E-state index in [4.69, 9.17) is 9.31 Å². The quantitative estimate of drug-likeness (QED) is 0.532. The first-order valence-corrected chi connectivity index (χ1v) is 4.46. The molecular formula is C10H13BO4. The van der Waals surface area contributed by atoms with Gasteiger partial charge in [0.1, 0.15) is 0 Å². The van der Waals surface area contributed by atoms with Crippen molar-refractivity contribution >= 4 is 18.6 Å². The summed E-state index contributed by atoms with van der Waals surface area (Å²) in [6.45, 7) is 0. The van der Waals surface area contributed by atoms with E-state index in [2.05, 4.69) is 4.74 Å². The van der Waals surface area contributed by atoms with Crippen molar-refractivity contribution in [2.75, 3.05) is 21.3 Å². The molecule has 0 radical (unpaired) electrons. The van der Waals surface area contributed by atoms with E-state index in [0.29, 0.717) is 5.56 Å². The summed E-state index contributed by atoms with van der Waals surface area (Å²) in [5.74, 6) is -0.354. The fraction of sp³-hybridized carbons (Fsp3) is 0.300. The minimum absolute atomic E-state index is 0.354. The summed E-state index contributed by atoms with van der Waals surface area (Å²) in [5, 5.41) is 0. The van der Waals surface area contributed by atoms with E-state index in [1.807, 2.05) is 0 Å². The number of esters is 1. The van der Waals surface area contributed by atoms with Gasteiger partial charge in [-0.05, 0) is 17.6 Å². The van der Waals surface area contributed by atoms with Crippen molar-refractivity contribution in [3.05, 3.63) is 29.8 Å². The van der Waals surface area contributed by atoms with Crippen LogP contribution in [0.2, 0.25) is 0 Å². The molecule has 0 aliphatic rings. The number of ether oxygens (including phenoxy) is 1. The molecular weight excluding hydrogens is 195 g/mol. The van der Waals surface area contributed by atoms with Crippen molar-refractivity contribution in [3.63, 3.8) is 0 Å². The predicted molar refractivity (Wildman–Crippen MR) is 57.2 cm³/mol. The van der Waals surface area contributed by atoms with Gasteiger partial charge in [-0.3, -0.25) is 0 Å². The zero-order chi connectivity index (χ0) is 11.3. The Labute approximate surface area is 89.3 Å². The highest BCUT2D eigenvalue weighted by Crippen LogP contribution is 2.00. The summed E-state index contributed by atoms with van der Waals surface area (Å²) in [6, 6.07) is 6.88. The molecule has 0 saturated heterocycles. The van der Waals surface area contributed by atoms with Crippen LogP contribution in [0.4, 0.5) is 0 Å². The first kappa shape index (κ1) is 11.7. The minimum Gasteiger partial charge on any atom is -0.465 e. The highest BCUT2D eigenvalue weighted by Gasteiger charge is 2.17. The fourth-order valence-corrected chi connectivity index (χ4v) is 1.26. The van der Waals surface area contributed by atoms with Crippen LogP contribution in [0.25, 0.3) is 0 Å². The van der Waals surface area contributed by atoms with Crippen LogP contribution in [0.5, 0.6) is 0 Å². The van der Waals surface area contributed by atoms with E-state index in [0.717, 1.165) is 5.46 Å². The fourth-order valence-electron chi connectivity index (χ4n) is 1.26. The van der Waals surface area contributed by atoms with Crippen LogP contribution in [0.3, 0.4) is 0 Å². The number of hydrogen-bond acceptors (Lipinski definition) is 4. The summed E-state index contributed by atoms with van der Waals surface area (Å²) in [5.41, 5.74) is 1.36. The molecule has 5 heteroatoms. The Morgan fingerprint density at radius 2 is 1.60 bits per heavy atom. The first-order chi connectivity index (χ1) is 7.22. The van der Waals surface area contributed by atoms with Gasteiger partial charge in [-0.15, -0.1) is 0 Å². The first-order valence-electron chi connectivity index (χ1n) is 4.46. The van der Waals surface area contributed by atoms with E-state index in [1.54, 1.807) is 38.5 Å². The average Bonchev–Trinajstić information content (AvgIpc) is 2.30. The second kappa shape index (κ2) is 5.53. The standard InChI is InChI=1S/C10H13BO4/c1-13-10(12)8-4-6-9(7-5-8)11(14-2)15-3/h4-7H,1-3H3. The lowest BCUT2D eigenvalue weighted by molar-refractivity contribution is 0.0601. The van der Waals surface area contributed by atoms with Crippen molar-refractivity contribution in [1.82, 2.24) is 0 Å². The number of carbonyl (C=O) groups is 1. The molecule has 80 valence electrons. The Kier molecular flexibility index (Phi) is 4.33. The van der Waals surface area contributed by atoms with Crippen LogP contribution < -0.4 is 5.46 Å². The molecule has 4 nitrogen and oxygen atoms in total. The Morgan fingerprint density at radius 1 is 1.07 bits per heavy atom. The molecule has 15 heavy (non-hydrogen) atoms. The van der Waals surface area contributed by atoms with Crippen LogP contribution in [0.15, 0.2) is 24.3 Å². The monoisotopic (exact) mass is 208 g/mol. The van der Waals surface area contributed by atoms with Gasteiger partial charge >= 0.3 is 13.1 Å². The van der Waals surface area contributed by atoms with Gasteiger partial charge in [0.2, 0.25) is 0 Å². The van der Waals surface area contributed by atoms with Gasteiger partial charge in [-0.1, -0.05) is 12.1 Å². The zero-order valence-corrected chi connectivity index (χ0v) is 9.02. The third-order valence-corrected chi connectivity index (χ3v) is 2.03. The second-order valence-electron chi connectivity index (χ2n) is 2.92. The maximum absolute atomic E-state index is 11.1. The molecule has 0 spiro atoms. The van der Waals surface area contributed by atoms with E-state index >= 15 is 0 Å². The van der Waals surface area contributed by atoms with Gasteiger partial charge in [-0.25, -0.2) is 4.79 Å². The average molecular weight is 208 g/mol. The van der Waals surface area contributed by atoms with Crippen LogP contribution in [0.1, 0.15) is 10.4 Å². The van der Waals surface area contributed by atoms with Gasteiger partial charge in [0, 0.05) is 14.2 Å². The Morgan fingerprint density at radius 3 is 2.00 bits per heavy atom. The lowest BCUT2D eigenvalue weighted by Crippen LogP contribution is -2.34. The number of rotatable bonds is 4. The zero-order valence-electron chi connectivity index (χ0n) is 9.02. The third kappa shape index (κ3) is 2.81. The van der Waals surface area contributed by atoms with Crippen molar-refractivity contribution < 1.29 is 18.8 Å². The molecule has 0 N–H and O–H groups in total. The molecule has 0 heterocycles. The molecule has 0 fully saturated rings. The van der Waals surface area contributed by atoms with Gasteiger partial charge in [0.15, 0.2) is 0 Å². The van der Waals surface area contributed by atoms with Crippen molar-refractivity contribution in [2.45, 2.75) is 0 Å². The Hall–Kier alpha value is -1.33. The molecule has 1 rings (SSSR count). The number of benzene rings is 1. The molecule has 0 amide bonds. The summed E-state index contributed by atoms with van der Waals surface area (Å²) < 4.78 is 14.7. The molecule has 0 aliphatic heterocycles. The second-order valence-corrected chi connectivity index (χ2v) is 2.92. The number of hydrogen-bond donors (Lipinski definition) is 0. The largest absolute Gasteiger partial charge is 0.493 e. The lowest BCUT2D eigenvalue weighted by atomic mass is 9.79. The summed E-state index contributed by atoms with van der Waals surface area (Å²) in [7, 11) is 4.06. The summed E-state index contributed by atoms with van der Waals surface area (Å²) in [4.78, 5) is 11.1. The predicted octanol–water partition coefficient (Wildman–Crippen LogP) is 0.461. The smallest absolute Gasteiger partial charge is 0.465 e. The molecule has 0 saturated carbocycles. The molecule has 0 unspecified atom stereocenters. The maximum atomic E-state index is 11.1. The lowest BCUT2D eigenvalue weighted by Gasteiger charge is -2.08. The van der Waals surface area contributed by atoms with E-state index < -0.39 is 7.12 Å². The minimum atomic E-state index is -0.406. The van der Waals surface area contributed by atoms with Gasteiger partial charge in [0.05, 0.1) is 12.7 Å². The third-order valence-electron chi connectivity index (χ3n) is 2.03. The van der Waals surface area contributed by atoms with Crippen LogP contribution >= 0.6 is 0 Å². The van der Waals surface area contributed by atoms with E-state index in [-0.39, 0.29) is 5.97 Å². The molecule has 1 aromatic carbocycles.